The molecule has 0 aliphatic carbocycles. The van der Waals surface area contributed by atoms with Crippen molar-refractivity contribution in [3.8, 4) is 11.3 Å². The lowest BCUT2D eigenvalue weighted by atomic mass is 10.2. The number of anilines is 1. The number of aromatic nitrogens is 1. The van der Waals surface area contributed by atoms with Crippen LogP contribution in [0.5, 0.6) is 0 Å². The van der Waals surface area contributed by atoms with Crippen LogP contribution in [0.2, 0.25) is 0 Å². The SMILES string of the molecule is COC(=O)c1ccc(NC(=O)CCc2ncc(-c3ccc(Br)cc3)o2)cc1. The van der Waals surface area contributed by atoms with E-state index in [4.69, 9.17) is 4.42 Å². The minimum atomic E-state index is -0.418. The number of nitrogens with zero attached hydrogens (tertiary/aromatic N) is 1. The van der Waals surface area contributed by atoms with Gasteiger partial charge in [0.1, 0.15) is 0 Å². The van der Waals surface area contributed by atoms with Crippen LogP contribution in [0.3, 0.4) is 0 Å². The van der Waals surface area contributed by atoms with Crippen LogP contribution < -0.4 is 5.32 Å². The number of rotatable bonds is 6. The summed E-state index contributed by atoms with van der Waals surface area (Å²) in [6.07, 6.45) is 2.28. The van der Waals surface area contributed by atoms with Gasteiger partial charge in [0, 0.05) is 28.6 Å². The molecule has 27 heavy (non-hydrogen) atoms. The molecule has 0 spiro atoms. The van der Waals surface area contributed by atoms with Crippen LogP contribution in [0.4, 0.5) is 5.69 Å². The van der Waals surface area contributed by atoms with Gasteiger partial charge in [0.15, 0.2) is 11.7 Å². The number of carbonyl (C=O) groups is 2. The molecule has 0 atom stereocenters. The van der Waals surface area contributed by atoms with E-state index < -0.39 is 5.97 Å². The molecule has 1 aromatic heterocycles. The summed E-state index contributed by atoms with van der Waals surface area (Å²) >= 11 is 3.39. The first-order chi connectivity index (χ1) is 13.0. The van der Waals surface area contributed by atoms with Crippen LogP contribution in [0.1, 0.15) is 22.7 Å². The molecule has 0 unspecified atom stereocenters. The number of hydrogen-bond donors (Lipinski definition) is 1. The number of amides is 1. The maximum absolute atomic E-state index is 12.1. The monoisotopic (exact) mass is 428 g/mol. The summed E-state index contributed by atoms with van der Waals surface area (Å²) in [6, 6.07) is 14.2. The standard InChI is InChI=1S/C20H17BrN2O4/c1-26-20(25)14-4-8-16(9-5-14)23-18(24)10-11-19-22-12-17(27-19)13-2-6-15(21)7-3-13/h2-9,12H,10-11H2,1H3,(H,23,24). The molecule has 1 N–H and O–H groups in total. The van der Waals surface area contributed by atoms with Gasteiger partial charge in [-0.3, -0.25) is 4.79 Å². The average Bonchev–Trinajstić information content (AvgIpc) is 3.16. The predicted molar refractivity (Wildman–Crippen MR) is 104 cm³/mol. The van der Waals surface area contributed by atoms with Gasteiger partial charge in [-0.15, -0.1) is 0 Å². The van der Waals surface area contributed by atoms with Crippen molar-refractivity contribution < 1.29 is 18.7 Å². The molecule has 2 aromatic carbocycles. The fraction of sp³-hybridized carbons (Fsp3) is 0.150. The van der Waals surface area contributed by atoms with E-state index >= 15 is 0 Å². The molecular weight excluding hydrogens is 412 g/mol. The van der Waals surface area contributed by atoms with Crippen LogP contribution >= 0.6 is 15.9 Å². The molecule has 3 aromatic rings. The second kappa shape index (κ2) is 8.64. The van der Waals surface area contributed by atoms with E-state index in [1.54, 1.807) is 30.5 Å². The Hall–Kier alpha value is -2.93. The topological polar surface area (TPSA) is 81.4 Å². The van der Waals surface area contributed by atoms with Crippen molar-refractivity contribution in [1.82, 2.24) is 4.98 Å². The van der Waals surface area contributed by atoms with Crippen LogP contribution in [-0.2, 0) is 16.0 Å². The number of nitrogens with one attached hydrogen (secondary N) is 1. The highest BCUT2D eigenvalue weighted by molar-refractivity contribution is 9.10. The molecule has 3 rings (SSSR count). The number of methoxy groups -OCH3 is 1. The lowest BCUT2D eigenvalue weighted by molar-refractivity contribution is -0.116. The lowest BCUT2D eigenvalue weighted by Crippen LogP contribution is -2.12. The van der Waals surface area contributed by atoms with E-state index in [9.17, 15) is 9.59 Å². The first kappa shape index (κ1) is 18.8. The Bertz CT molecular complexity index is 933. The van der Waals surface area contributed by atoms with Gasteiger partial charge >= 0.3 is 5.97 Å². The van der Waals surface area contributed by atoms with Crippen LogP contribution in [-0.4, -0.2) is 24.0 Å². The molecule has 0 aliphatic heterocycles. The predicted octanol–water partition coefficient (Wildman–Crippen LogP) is 4.46. The Kier molecular flexibility index (Phi) is 6.03. The molecule has 6 nitrogen and oxygen atoms in total. The Balaban J connectivity index is 1.53. The molecule has 1 heterocycles. The van der Waals surface area contributed by atoms with E-state index in [0.717, 1.165) is 10.0 Å². The summed E-state index contributed by atoms with van der Waals surface area (Å²) in [5, 5.41) is 2.78. The number of carbonyl (C=O) groups excluding carboxylic acids is 2. The third kappa shape index (κ3) is 5.04. The van der Waals surface area contributed by atoms with Crippen molar-refractivity contribution >= 4 is 33.5 Å². The summed E-state index contributed by atoms with van der Waals surface area (Å²) in [4.78, 5) is 27.7. The highest BCUT2D eigenvalue weighted by Gasteiger charge is 2.10. The van der Waals surface area contributed by atoms with Gasteiger partial charge in [0.05, 0.1) is 18.9 Å². The molecule has 138 valence electrons. The summed E-state index contributed by atoms with van der Waals surface area (Å²) in [6.45, 7) is 0. The minimum Gasteiger partial charge on any atom is -0.465 e. The first-order valence-electron chi connectivity index (χ1n) is 8.24. The normalized spacial score (nSPS) is 10.4. The van der Waals surface area contributed by atoms with E-state index in [-0.39, 0.29) is 12.3 Å². The lowest BCUT2D eigenvalue weighted by Gasteiger charge is -2.05. The van der Waals surface area contributed by atoms with Gasteiger partial charge in [-0.05, 0) is 36.4 Å². The maximum Gasteiger partial charge on any atom is 0.337 e. The molecule has 0 saturated carbocycles. The molecule has 0 radical (unpaired) electrons. The van der Waals surface area contributed by atoms with Crippen molar-refractivity contribution in [1.29, 1.82) is 0 Å². The van der Waals surface area contributed by atoms with Gasteiger partial charge in [-0.1, -0.05) is 28.1 Å². The van der Waals surface area contributed by atoms with Gasteiger partial charge < -0.3 is 14.5 Å². The zero-order valence-electron chi connectivity index (χ0n) is 14.6. The Morgan fingerprint density at radius 3 is 2.48 bits per heavy atom. The zero-order valence-corrected chi connectivity index (χ0v) is 16.2. The fourth-order valence-electron chi connectivity index (χ4n) is 2.42. The third-order valence-electron chi connectivity index (χ3n) is 3.84. The second-order valence-corrected chi connectivity index (χ2v) is 6.66. The van der Waals surface area contributed by atoms with Crippen molar-refractivity contribution in [2.45, 2.75) is 12.8 Å². The Morgan fingerprint density at radius 2 is 1.81 bits per heavy atom. The summed E-state index contributed by atoms with van der Waals surface area (Å²) in [5.41, 5.74) is 1.96. The maximum atomic E-state index is 12.1. The second-order valence-electron chi connectivity index (χ2n) is 5.74. The molecule has 0 bridgehead atoms. The van der Waals surface area contributed by atoms with E-state index in [1.165, 1.54) is 7.11 Å². The quantitative estimate of drug-likeness (QED) is 0.585. The molecule has 0 saturated heterocycles. The smallest absolute Gasteiger partial charge is 0.337 e. The Morgan fingerprint density at radius 1 is 1.11 bits per heavy atom. The van der Waals surface area contributed by atoms with Crippen LogP contribution in [0.15, 0.2) is 63.6 Å². The average molecular weight is 429 g/mol. The van der Waals surface area contributed by atoms with Gasteiger partial charge in [0.25, 0.3) is 0 Å². The number of ether oxygens (including phenoxy) is 1. The van der Waals surface area contributed by atoms with Crippen LogP contribution in [0.25, 0.3) is 11.3 Å². The largest absolute Gasteiger partial charge is 0.465 e. The van der Waals surface area contributed by atoms with E-state index in [0.29, 0.717) is 29.3 Å². The van der Waals surface area contributed by atoms with Crippen molar-refractivity contribution in [3.63, 3.8) is 0 Å². The van der Waals surface area contributed by atoms with Gasteiger partial charge in [-0.25, -0.2) is 9.78 Å². The molecule has 7 heteroatoms. The highest BCUT2D eigenvalue weighted by Crippen LogP contribution is 2.23. The summed E-state index contributed by atoms with van der Waals surface area (Å²) < 4.78 is 11.3. The molecular formula is C20H17BrN2O4. The number of benzene rings is 2. The molecule has 0 fully saturated rings. The number of esters is 1. The molecule has 1 amide bonds. The third-order valence-corrected chi connectivity index (χ3v) is 4.37. The summed E-state index contributed by atoms with van der Waals surface area (Å²) in [7, 11) is 1.32. The number of aryl methyl sites for hydroxylation is 1. The zero-order chi connectivity index (χ0) is 19.2. The molecule has 0 aliphatic rings. The minimum absolute atomic E-state index is 0.163. The number of hydrogen-bond acceptors (Lipinski definition) is 5. The fourth-order valence-corrected chi connectivity index (χ4v) is 2.69. The first-order valence-corrected chi connectivity index (χ1v) is 9.03. The Labute approximate surface area is 164 Å². The number of halogens is 1. The highest BCUT2D eigenvalue weighted by atomic mass is 79.9. The van der Waals surface area contributed by atoms with Gasteiger partial charge in [-0.2, -0.15) is 0 Å². The van der Waals surface area contributed by atoms with Gasteiger partial charge in [0.2, 0.25) is 5.91 Å². The summed E-state index contributed by atoms with van der Waals surface area (Å²) in [5.74, 6) is 0.586. The van der Waals surface area contributed by atoms with Crippen molar-refractivity contribution in [2.24, 2.45) is 0 Å². The van der Waals surface area contributed by atoms with E-state index in [2.05, 4.69) is 31.0 Å². The van der Waals surface area contributed by atoms with Crippen LogP contribution in [0, 0.1) is 0 Å². The van der Waals surface area contributed by atoms with Crippen molar-refractivity contribution in [2.75, 3.05) is 12.4 Å². The number of oxazole rings is 1. The van der Waals surface area contributed by atoms with E-state index in [1.807, 2.05) is 24.3 Å². The van der Waals surface area contributed by atoms with Crippen molar-refractivity contribution in [3.05, 3.63) is 70.7 Å².